The highest BCUT2D eigenvalue weighted by molar-refractivity contribution is 6.35. The van der Waals surface area contributed by atoms with Crippen LogP contribution in [-0.4, -0.2) is 34.0 Å². The van der Waals surface area contributed by atoms with Gasteiger partial charge in [0.2, 0.25) is 0 Å². The van der Waals surface area contributed by atoms with Gasteiger partial charge in [0.25, 0.3) is 5.91 Å². The minimum absolute atomic E-state index is 0.102. The van der Waals surface area contributed by atoms with Gasteiger partial charge < -0.3 is 15.2 Å². The summed E-state index contributed by atoms with van der Waals surface area (Å²) < 4.78 is 6.97. The Hall–Kier alpha value is -2.54. The van der Waals surface area contributed by atoms with Gasteiger partial charge in [0, 0.05) is 16.7 Å². The molecular weight excluding hydrogens is 389 g/mol. The molecule has 0 aliphatic heterocycles. The number of amides is 1. The van der Waals surface area contributed by atoms with E-state index in [2.05, 4.69) is 10.4 Å². The number of aromatic nitrogens is 2. The molecule has 0 saturated carbocycles. The van der Waals surface area contributed by atoms with E-state index in [0.717, 1.165) is 5.56 Å². The summed E-state index contributed by atoms with van der Waals surface area (Å²) in [4.78, 5) is 12.3. The first kappa shape index (κ1) is 19.2. The zero-order valence-electron chi connectivity index (χ0n) is 14.2. The Balaban J connectivity index is 1.70. The van der Waals surface area contributed by atoms with E-state index in [1.165, 1.54) is 4.68 Å². The van der Waals surface area contributed by atoms with E-state index < -0.39 is 0 Å². The smallest absolute Gasteiger partial charge is 0.263 e. The molecule has 2 N–H and O–H groups in total. The number of carbonyl (C=O) groups excluding carboxylic acids is 1. The molecule has 0 radical (unpaired) electrons. The maximum absolute atomic E-state index is 12.3. The van der Waals surface area contributed by atoms with Gasteiger partial charge in [-0.2, -0.15) is 5.10 Å². The van der Waals surface area contributed by atoms with E-state index >= 15 is 0 Å². The molecule has 0 bridgehead atoms. The number of nitrogens with zero attached hydrogens (tertiary/aromatic N) is 2. The molecule has 0 aliphatic rings. The van der Waals surface area contributed by atoms with Gasteiger partial charge in [-0.1, -0.05) is 53.5 Å². The van der Waals surface area contributed by atoms with E-state index in [1.54, 1.807) is 24.3 Å². The summed E-state index contributed by atoms with van der Waals surface area (Å²) in [6.45, 7) is -0.0751. The minimum Gasteiger partial charge on any atom is -0.482 e. The van der Waals surface area contributed by atoms with Crippen LogP contribution >= 0.6 is 23.2 Å². The van der Waals surface area contributed by atoms with Gasteiger partial charge in [0.1, 0.15) is 11.6 Å². The number of hydrogen-bond acceptors (Lipinski definition) is 4. The predicted molar refractivity (Wildman–Crippen MR) is 105 cm³/mol. The van der Waals surface area contributed by atoms with Crippen molar-refractivity contribution in [3.8, 4) is 17.0 Å². The van der Waals surface area contributed by atoms with Crippen molar-refractivity contribution in [3.05, 3.63) is 64.6 Å². The molecule has 27 heavy (non-hydrogen) atoms. The number of rotatable bonds is 7. The van der Waals surface area contributed by atoms with Gasteiger partial charge >= 0.3 is 0 Å². The number of aliphatic hydroxyl groups is 1. The Morgan fingerprint density at radius 2 is 1.93 bits per heavy atom. The highest BCUT2D eigenvalue weighted by atomic mass is 35.5. The van der Waals surface area contributed by atoms with Crippen molar-refractivity contribution in [1.82, 2.24) is 9.78 Å². The third-order valence-electron chi connectivity index (χ3n) is 3.68. The van der Waals surface area contributed by atoms with Gasteiger partial charge in [-0.3, -0.25) is 4.79 Å². The second kappa shape index (κ2) is 8.90. The number of benzene rings is 2. The molecule has 2 aromatic carbocycles. The molecule has 0 aliphatic carbocycles. The van der Waals surface area contributed by atoms with Gasteiger partial charge in [-0.05, 0) is 18.2 Å². The summed E-state index contributed by atoms with van der Waals surface area (Å²) in [7, 11) is 0. The van der Waals surface area contributed by atoms with Gasteiger partial charge in [0.05, 0.1) is 23.9 Å². The lowest BCUT2D eigenvalue weighted by Gasteiger charge is -2.10. The SMILES string of the molecule is O=C(COc1ccc(Cl)cc1Cl)Nc1cc(-c2ccccc2)nn1CCO. The van der Waals surface area contributed by atoms with Crippen LogP contribution in [0.1, 0.15) is 0 Å². The third kappa shape index (κ3) is 5.01. The Bertz CT molecular complexity index is 929. The fourth-order valence-electron chi connectivity index (χ4n) is 2.45. The molecular formula is C19H17Cl2N3O3. The summed E-state index contributed by atoms with van der Waals surface area (Å²) >= 11 is 11.9. The van der Waals surface area contributed by atoms with E-state index in [4.69, 9.17) is 27.9 Å². The Morgan fingerprint density at radius 3 is 2.63 bits per heavy atom. The van der Waals surface area contributed by atoms with E-state index in [1.807, 2.05) is 30.3 Å². The summed E-state index contributed by atoms with van der Waals surface area (Å²) in [5, 5.41) is 17.2. The van der Waals surface area contributed by atoms with Crippen molar-refractivity contribution in [2.45, 2.75) is 6.54 Å². The molecule has 3 rings (SSSR count). The Morgan fingerprint density at radius 1 is 1.15 bits per heavy atom. The number of carbonyl (C=O) groups is 1. The normalized spacial score (nSPS) is 10.6. The standard InChI is InChI=1S/C19H17Cl2N3O3/c20-14-6-7-17(15(21)10-14)27-12-19(26)22-18-11-16(23-24(18)8-9-25)13-4-2-1-3-5-13/h1-7,10-11,25H,8-9,12H2,(H,22,26). The molecule has 0 saturated heterocycles. The lowest BCUT2D eigenvalue weighted by Crippen LogP contribution is -2.22. The van der Waals surface area contributed by atoms with Crippen LogP contribution in [0.2, 0.25) is 10.0 Å². The molecule has 1 aromatic heterocycles. The van der Waals surface area contributed by atoms with Crippen LogP contribution in [0.5, 0.6) is 5.75 Å². The number of nitrogens with one attached hydrogen (secondary N) is 1. The molecule has 8 heteroatoms. The molecule has 6 nitrogen and oxygen atoms in total. The summed E-state index contributed by atoms with van der Waals surface area (Å²) in [5.41, 5.74) is 1.61. The largest absolute Gasteiger partial charge is 0.482 e. The number of halogens is 2. The average molecular weight is 406 g/mol. The summed E-state index contributed by atoms with van der Waals surface area (Å²) in [5.74, 6) is 0.462. The first-order valence-corrected chi connectivity index (χ1v) is 8.94. The Labute approximate surface area is 166 Å². The number of ether oxygens (including phenoxy) is 1. The van der Waals surface area contributed by atoms with Crippen molar-refractivity contribution in [2.24, 2.45) is 0 Å². The molecule has 0 fully saturated rings. The van der Waals surface area contributed by atoms with E-state index in [9.17, 15) is 9.90 Å². The van der Waals surface area contributed by atoms with Crippen molar-refractivity contribution >= 4 is 34.9 Å². The van der Waals surface area contributed by atoms with E-state index in [-0.39, 0.29) is 25.7 Å². The molecule has 1 amide bonds. The third-order valence-corrected chi connectivity index (χ3v) is 4.21. The first-order valence-electron chi connectivity index (χ1n) is 8.18. The molecule has 0 unspecified atom stereocenters. The minimum atomic E-state index is -0.375. The van der Waals surface area contributed by atoms with Crippen LogP contribution in [0.4, 0.5) is 5.82 Å². The lowest BCUT2D eigenvalue weighted by atomic mass is 10.2. The number of hydrogen-bond donors (Lipinski definition) is 2. The van der Waals surface area contributed by atoms with Crippen LogP contribution < -0.4 is 10.1 Å². The fourth-order valence-corrected chi connectivity index (χ4v) is 2.91. The zero-order chi connectivity index (χ0) is 19.2. The second-order valence-corrected chi connectivity index (χ2v) is 6.48. The highest BCUT2D eigenvalue weighted by Crippen LogP contribution is 2.27. The quantitative estimate of drug-likeness (QED) is 0.625. The lowest BCUT2D eigenvalue weighted by molar-refractivity contribution is -0.118. The molecule has 1 heterocycles. The van der Waals surface area contributed by atoms with Crippen molar-refractivity contribution in [3.63, 3.8) is 0 Å². The second-order valence-electron chi connectivity index (χ2n) is 5.64. The molecule has 3 aromatic rings. The van der Waals surface area contributed by atoms with E-state index in [0.29, 0.717) is 27.3 Å². The summed E-state index contributed by atoms with van der Waals surface area (Å²) in [6.07, 6.45) is 0. The van der Waals surface area contributed by atoms with Crippen LogP contribution in [0.3, 0.4) is 0 Å². The topological polar surface area (TPSA) is 76.4 Å². The monoisotopic (exact) mass is 405 g/mol. The van der Waals surface area contributed by atoms with Crippen molar-refractivity contribution < 1.29 is 14.6 Å². The number of aliphatic hydroxyl groups excluding tert-OH is 1. The van der Waals surface area contributed by atoms with Crippen molar-refractivity contribution in [1.29, 1.82) is 0 Å². The van der Waals surface area contributed by atoms with Crippen molar-refractivity contribution in [2.75, 3.05) is 18.5 Å². The molecule has 0 atom stereocenters. The van der Waals surface area contributed by atoms with Crippen LogP contribution in [0.25, 0.3) is 11.3 Å². The molecule has 140 valence electrons. The zero-order valence-corrected chi connectivity index (χ0v) is 15.7. The highest BCUT2D eigenvalue weighted by Gasteiger charge is 2.13. The summed E-state index contributed by atoms with van der Waals surface area (Å²) in [6, 6.07) is 16.1. The average Bonchev–Trinajstić information content (AvgIpc) is 3.04. The van der Waals surface area contributed by atoms with Gasteiger partial charge in [-0.25, -0.2) is 4.68 Å². The van der Waals surface area contributed by atoms with Gasteiger partial charge in [-0.15, -0.1) is 0 Å². The predicted octanol–water partition coefficient (Wildman–Crippen LogP) is 3.87. The number of anilines is 1. The molecule has 0 spiro atoms. The van der Waals surface area contributed by atoms with Crippen LogP contribution in [0, 0.1) is 0 Å². The van der Waals surface area contributed by atoms with Gasteiger partial charge in [0.15, 0.2) is 6.61 Å². The Kier molecular flexibility index (Phi) is 6.34. The first-order chi connectivity index (χ1) is 13.1. The maximum atomic E-state index is 12.3. The maximum Gasteiger partial charge on any atom is 0.263 e. The van der Waals surface area contributed by atoms with Crippen LogP contribution in [0.15, 0.2) is 54.6 Å². The van der Waals surface area contributed by atoms with Crippen LogP contribution in [-0.2, 0) is 11.3 Å². The fraction of sp³-hybridized carbons (Fsp3) is 0.158.